The second-order valence-electron chi connectivity index (χ2n) is 5.98. The zero-order chi connectivity index (χ0) is 13.8. The molecule has 0 spiro atoms. The van der Waals surface area contributed by atoms with Crippen LogP contribution in [-0.4, -0.2) is 46.5 Å². The second kappa shape index (κ2) is 6.55. The van der Waals surface area contributed by atoms with Gasteiger partial charge in [0.1, 0.15) is 0 Å². The van der Waals surface area contributed by atoms with Gasteiger partial charge in [0, 0.05) is 19.1 Å². The van der Waals surface area contributed by atoms with Crippen LogP contribution >= 0.6 is 12.2 Å². The Morgan fingerprint density at radius 2 is 1.84 bits per heavy atom. The van der Waals surface area contributed by atoms with Crippen LogP contribution in [0.4, 0.5) is 4.79 Å². The summed E-state index contributed by atoms with van der Waals surface area (Å²) in [6, 6.07) is 0.486. The molecule has 0 radical (unpaired) electrons. The van der Waals surface area contributed by atoms with Crippen molar-refractivity contribution in [1.29, 1.82) is 0 Å². The van der Waals surface area contributed by atoms with Gasteiger partial charge in [-0.25, -0.2) is 4.79 Å². The monoisotopic (exact) mass is 283 g/mol. The topological polar surface area (TPSA) is 49.6 Å². The van der Waals surface area contributed by atoms with E-state index in [-0.39, 0.29) is 6.03 Å². The van der Waals surface area contributed by atoms with Crippen LogP contribution in [0.15, 0.2) is 0 Å². The van der Waals surface area contributed by atoms with Gasteiger partial charge in [-0.05, 0) is 31.6 Å². The van der Waals surface area contributed by atoms with Crippen LogP contribution in [0.5, 0.6) is 0 Å². The summed E-state index contributed by atoms with van der Waals surface area (Å²) in [7, 11) is 0. The summed E-state index contributed by atoms with van der Waals surface area (Å²) in [5, 5.41) is 0. The van der Waals surface area contributed by atoms with Crippen LogP contribution in [0.1, 0.15) is 45.4 Å². The smallest absolute Gasteiger partial charge is 0.320 e. The number of nitrogens with zero attached hydrogens (tertiary/aromatic N) is 2. The molecule has 2 rings (SSSR count). The Kier molecular flexibility index (Phi) is 5.02. The number of likely N-dealkylation sites (tertiary alicyclic amines) is 1. The molecule has 0 aromatic heterocycles. The summed E-state index contributed by atoms with van der Waals surface area (Å²) in [5.74, 6) is 0.736. The highest BCUT2D eigenvalue weighted by Gasteiger charge is 2.31. The molecule has 108 valence electrons. The molecule has 0 aromatic rings. The predicted octanol–water partition coefficient (Wildman–Crippen LogP) is 2.37. The van der Waals surface area contributed by atoms with E-state index < -0.39 is 0 Å². The van der Waals surface area contributed by atoms with Crippen LogP contribution in [0.3, 0.4) is 0 Å². The number of urea groups is 1. The number of rotatable bonds is 3. The Hall–Kier alpha value is -0.840. The first-order valence-electron chi connectivity index (χ1n) is 7.41. The number of nitrogens with two attached hydrogens (primary N) is 1. The molecule has 1 saturated heterocycles. The fraction of sp³-hybridized carbons (Fsp3) is 0.857. The quantitative estimate of drug-likeness (QED) is 0.809. The number of hydrogen-bond acceptors (Lipinski definition) is 2. The lowest BCUT2D eigenvalue weighted by molar-refractivity contribution is 0.125. The molecule has 2 N–H and O–H groups in total. The minimum atomic E-state index is 0.145. The normalized spacial score (nSPS) is 21.6. The van der Waals surface area contributed by atoms with E-state index in [0.29, 0.717) is 17.6 Å². The minimum Gasteiger partial charge on any atom is -0.392 e. The summed E-state index contributed by atoms with van der Waals surface area (Å²) >= 11 is 5.01. The van der Waals surface area contributed by atoms with Crippen molar-refractivity contribution in [2.75, 3.05) is 19.6 Å². The van der Waals surface area contributed by atoms with E-state index in [1.54, 1.807) is 0 Å². The first kappa shape index (κ1) is 14.6. The Bertz CT molecular complexity index is 334. The lowest BCUT2D eigenvalue weighted by atomic mass is 9.99. The van der Waals surface area contributed by atoms with Gasteiger partial charge in [-0.2, -0.15) is 0 Å². The molecule has 0 aromatic carbocycles. The van der Waals surface area contributed by atoms with Crippen LogP contribution in [-0.2, 0) is 0 Å². The summed E-state index contributed by atoms with van der Waals surface area (Å²) in [6.07, 6.45) is 6.83. The maximum absolute atomic E-state index is 12.7. The second-order valence-corrected chi connectivity index (χ2v) is 6.51. The van der Waals surface area contributed by atoms with E-state index >= 15 is 0 Å². The zero-order valence-corrected chi connectivity index (χ0v) is 12.6. The van der Waals surface area contributed by atoms with Gasteiger partial charge < -0.3 is 15.5 Å². The number of amides is 2. The molecular formula is C14H25N3OS. The minimum absolute atomic E-state index is 0.145. The standard InChI is InChI=1S/C14H25N3OS/c1-11-6-8-16(9-7-11)14(18)17(10-13(15)19)12-4-2-3-5-12/h11-12H,2-10H2,1H3,(H2,15,19). The Morgan fingerprint density at radius 1 is 1.26 bits per heavy atom. The molecule has 1 aliphatic carbocycles. The van der Waals surface area contributed by atoms with E-state index in [1.807, 2.05) is 9.80 Å². The molecule has 1 aliphatic heterocycles. The highest BCUT2D eigenvalue weighted by Crippen LogP contribution is 2.25. The highest BCUT2D eigenvalue weighted by atomic mass is 32.1. The van der Waals surface area contributed by atoms with Crippen molar-refractivity contribution >= 4 is 23.2 Å². The molecule has 2 aliphatic rings. The van der Waals surface area contributed by atoms with Gasteiger partial charge in [-0.3, -0.25) is 0 Å². The Balaban J connectivity index is 2.00. The SMILES string of the molecule is CC1CCN(C(=O)N(CC(N)=S)C2CCCC2)CC1. The third-order valence-electron chi connectivity index (χ3n) is 4.39. The number of carbonyl (C=O) groups excluding carboxylic acids is 1. The maximum Gasteiger partial charge on any atom is 0.320 e. The van der Waals surface area contributed by atoms with Crippen molar-refractivity contribution in [3.8, 4) is 0 Å². The summed E-state index contributed by atoms with van der Waals surface area (Å²) in [5.41, 5.74) is 5.67. The molecule has 0 bridgehead atoms. The summed E-state index contributed by atoms with van der Waals surface area (Å²) in [4.78, 5) is 17.0. The van der Waals surface area contributed by atoms with Gasteiger partial charge in [0.15, 0.2) is 0 Å². The zero-order valence-electron chi connectivity index (χ0n) is 11.8. The molecule has 1 heterocycles. The van der Waals surface area contributed by atoms with E-state index in [2.05, 4.69) is 6.92 Å². The van der Waals surface area contributed by atoms with Crippen molar-refractivity contribution in [2.45, 2.75) is 51.5 Å². The third kappa shape index (κ3) is 3.81. The van der Waals surface area contributed by atoms with E-state index in [9.17, 15) is 4.79 Å². The van der Waals surface area contributed by atoms with E-state index in [1.165, 1.54) is 12.8 Å². The summed E-state index contributed by atoms with van der Waals surface area (Å²) in [6.45, 7) is 4.44. The maximum atomic E-state index is 12.7. The van der Waals surface area contributed by atoms with Gasteiger partial charge in [-0.15, -0.1) is 0 Å². The molecule has 0 unspecified atom stereocenters. The van der Waals surface area contributed by atoms with Gasteiger partial charge in [-0.1, -0.05) is 32.0 Å². The first-order chi connectivity index (χ1) is 9.08. The number of carbonyl (C=O) groups is 1. The van der Waals surface area contributed by atoms with Crippen LogP contribution in [0, 0.1) is 5.92 Å². The molecule has 0 atom stereocenters. The molecule has 4 nitrogen and oxygen atoms in total. The summed E-state index contributed by atoms with van der Waals surface area (Å²) < 4.78 is 0. The van der Waals surface area contributed by atoms with E-state index in [4.69, 9.17) is 18.0 Å². The fourth-order valence-electron chi connectivity index (χ4n) is 3.12. The molecule has 5 heteroatoms. The Labute approximate surface area is 121 Å². The predicted molar refractivity (Wildman–Crippen MR) is 81.1 cm³/mol. The third-order valence-corrected chi connectivity index (χ3v) is 4.52. The van der Waals surface area contributed by atoms with Gasteiger partial charge in [0.2, 0.25) is 0 Å². The van der Waals surface area contributed by atoms with Gasteiger partial charge >= 0.3 is 6.03 Å². The highest BCUT2D eigenvalue weighted by molar-refractivity contribution is 7.80. The van der Waals surface area contributed by atoms with Crippen molar-refractivity contribution in [3.63, 3.8) is 0 Å². The van der Waals surface area contributed by atoms with Crippen molar-refractivity contribution in [1.82, 2.24) is 9.80 Å². The Morgan fingerprint density at radius 3 is 2.37 bits per heavy atom. The van der Waals surface area contributed by atoms with Crippen LogP contribution < -0.4 is 5.73 Å². The number of thiocarbonyl (C=S) groups is 1. The molecule has 1 saturated carbocycles. The lowest BCUT2D eigenvalue weighted by Gasteiger charge is -2.37. The van der Waals surface area contributed by atoms with Gasteiger partial charge in [0.25, 0.3) is 0 Å². The van der Waals surface area contributed by atoms with E-state index in [0.717, 1.165) is 44.7 Å². The fourth-order valence-corrected chi connectivity index (χ4v) is 3.26. The van der Waals surface area contributed by atoms with Gasteiger partial charge in [0.05, 0.1) is 11.5 Å². The first-order valence-corrected chi connectivity index (χ1v) is 7.82. The average molecular weight is 283 g/mol. The molecule has 2 fully saturated rings. The van der Waals surface area contributed by atoms with Crippen LogP contribution in [0.2, 0.25) is 0 Å². The number of hydrogen-bond donors (Lipinski definition) is 1. The largest absolute Gasteiger partial charge is 0.392 e. The molecular weight excluding hydrogens is 258 g/mol. The van der Waals surface area contributed by atoms with Crippen molar-refractivity contribution in [3.05, 3.63) is 0 Å². The molecule has 19 heavy (non-hydrogen) atoms. The van der Waals surface area contributed by atoms with Crippen LogP contribution in [0.25, 0.3) is 0 Å². The average Bonchev–Trinajstić information content (AvgIpc) is 2.89. The number of piperidine rings is 1. The molecule has 2 amide bonds. The van der Waals surface area contributed by atoms with Crippen molar-refractivity contribution in [2.24, 2.45) is 11.7 Å². The van der Waals surface area contributed by atoms with Crippen molar-refractivity contribution < 1.29 is 4.79 Å². The lowest BCUT2D eigenvalue weighted by Crippen LogP contribution is -2.52.